The largest absolute Gasteiger partial charge is 0.384 e. The van der Waals surface area contributed by atoms with Crippen LogP contribution in [0.3, 0.4) is 0 Å². The minimum Gasteiger partial charge on any atom is -0.384 e. The van der Waals surface area contributed by atoms with E-state index in [-0.39, 0.29) is 17.9 Å². The molecule has 6 rings (SSSR count). The minimum atomic E-state index is -0.359. The summed E-state index contributed by atoms with van der Waals surface area (Å²) < 4.78 is 25.6. The number of hydrogen-bond donors (Lipinski definition) is 1. The molecule has 168 valence electrons. The fraction of sp³-hybridized carbons (Fsp3) is 0.375. The number of ether oxygens (including phenoxy) is 1. The fourth-order valence-electron chi connectivity index (χ4n) is 4.93. The normalized spacial score (nSPS) is 18.8. The van der Waals surface area contributed by atoms with E-state index in [4.69, 9.17) is 10.5 Å². The third-order valence-electron chi connectivity index (χ3n) is 6.80. The molecule has 0 amide bonds. The fourth-order valence-corrected chi connectivity index (χ4v) is 5.75. The van der Waals surface area contributed by atoms with Crippen molar-refractivity contribution in [3.63, 3.8) is 0 Å². The molecule has 1 atom stereocenters. The highest BCUT2D eigenvalue weighted by Crippen LogP contribution is 2.46. The summed E-state index contributed by atoms with van der Waals surface area (Å²) in [5.41, 5.74) is 10.2. The second-order valence-corrected chi connectivity index (χ2v) is 9.67. The summed E-state index contributed by atoms with van der Waals surface area (Å²) >= 11 is 3.74. The molecular formula is C24H22BrFN6O. The van der Waals surface area contributed by atoms with Gasteiger partial charge < -0.3 is 10.5 Å². The van der Waals surface area contributed by atoms with Crippen molar-refractivity contribution in [2.75, 3.05) is 12.3 Å². The van der Waals surface area contributed by atoms with Crippen molar-refractivity contribution >= 4 is 43.6 Å². The first-order valence-electron chi connectivity index (χ1n) is 11.2. The number of nitrogens with two attached hydrogens (primary N) is 1. The number of halogens is 2. The second-order valence-electron chi connectivity index (χ2n) is 8.88. The summed E-state index contributed by atoms with van der Waals surface area (Å²) in [6, 6.07) is 3.73. The number of fused-ring (bicyclic) bond motifs is 2. The molecule has 7 nitrogen and oxygen atoms in total. The van der Waals surface area contributed by atoms with Gasteiger partial charge in [-0.3, -0.25) is 9.55 Å². The Bertz CT molecular complexity index is 1470. The molecule has 4 aromatic rings. The second kappa shape index (κ2) is 7.54. The number of aromatic nitrogens is 4. The van der Waals surface area contributed by atoms with E-state index in [1.165, 1.54) is 6.07 Å². The molecule has 4 heterocycles. The van der Waals surface area contributed by atoms with Gasteiger partial charge in [-0.05, 0) is 55.0 Å². The SMILES string of the molecule is Cc1c(F)cc2c(cnn2C2CCCCO2)c1-n1c(N)c(C#N)c2cnc(C3CC3)c(Br)c21. The number of anilines is 1. The smallest absolute Gasteiger partial charge is 0.150 e. The van der Waals surface area contributed by atoms with Crippen molar-refractivity contribution in [3.05, 3.63) is 45.6 Å². The Morgan fingerprint density at radius 1 is 1.24 bits per heavy atom. The molecular weight excluding hydrogens is 487 g/mol. The van der Waals surface area contributed by atoms with Gasteiger partial charge in [-0.15, -0.1) is 0 Å². The van der Waals surface area contributed by atoms with Gasteiger partial charge in [-0.1, -0.05) is 0 Å². The topological polar surface area (TPSA) is 94.7 Å². The van der Waals surface area contributed by atoms with Crippen LogP contribution in [0.25, 0.3) is 27.5 Å². The number of pyridine rings is 1. The number of nitrogens with zero attached hydrogens (tertiary/aromatic N) is 5. The van der Waals surface area contributed by atoms with E-state index in [1.807, 2.05) is 0 Å². The zero-order valence-corrected chi connectivity index (χ0v) is 19.7. The summed E-state index contributed by atoms with van der Waals surface area (Å²) in [5, 5.41) is 15.9. The lowest BCUT2D eigenvalue weighted by Gasteiger charge is -2.24. The first-order chi connectivity index (χ1) is 16.0. The lowest BCUT2D eigenvalue weighted by molar-refractivity contribution is -0.0366. The van der Waals surface area contributed by atoms with E-state index >= 15 is 4.39 Å². The van der Waals surface area contributed by atoms with Gasteiger partial charge >= 0.3 is 0 Å². The average molecular weight is 509 g/mol. The van der Waals surface area contributed by atoms with Crippen molar-refractivity contribution in [2.24, 2.45) is 0 Å². The maximum Gasteiger partial charge on any atom is 0.150 e. The monoisotopic (exact) mass is 508 g/mol. The number of nitriles is 1. The Morgan fingerprint density at radius 2 is 2.06 bits per heavy atom. The van der Waals surface area contributed by atoms with E-state index in [9.17, 15) is 5.26 Å². The van der Waals surface area contributed by atoms with Crippen LogP contribution in [0.15, 0.2) is 22.9 Å². The van der Waals surface area contributed by atoms with Gasteiger partial charge in [0.15, 0.2) is 6.23 Å². The third kappa shape index (κ3) is 3.01. The number of nitrogen functional groups attached to an aromatic ring is 1. The van der Waals surface area contributed by atoms with Gasteiger partial charge in [-0.2, -0.15) is 10.4 Å². The Hall–Kier alpha value is -2.96. The molecule has 2 N–H and O–H groups in total. The van der Waals surface area contributed by atoms with Crippen LogP contribution in [-0.4, -0.2) is 25.9 Å². The molecule has 1 aliphatic carbocycles. The number of rotatable bonds is 3. The predicted molar refractivity (Wildman–Crippen MR) is 127 cm³/mol. The van der Waals surface area contributed by atoms with Crippen molar-refractivity contribution in [1.29, 1.82) is 5.26 Å². The van der Waals surface area contributed by atoms with Crippen molar-refractivity contribution in [1.82, 2.24) is 19.3 Å². The predicted octanol–water partition coefficient (Wildman–Crippen LogP) is 5.62. The highest BCUT2D eigenvalue weighted by molar-refractivity contribution is 9.10. The third-order valence-corrected chi connectivity index (χ3v) is 7.59. The molecule has 2 fully saturated rings. The Kier molecular flexibility index (Phi) is 4.71. The quantitative estimate of drug-likeness (QED) is 0.387. The summed E-state index contributed by atoms with van der Waals surface area (Å²) in [6.07, 6.45) is 8.27. The van der Waals surface area contributed by atoms with Crippen LogP contribution >= 0.6 is 15.9 Å². The average Bonchev–Trinajstić information content (AvgIpc) is 3.51. The van der Waals surface area contributed by atoms with Crippen LogP contribution in [0.1, 0.15) is 61.1 Å². The zero-order chi connectivity index (χ0) is 22.9. The number of benzene rings is 1. The van der Waals surface area contributed by atoms with Crippen LogP contribution in [0.4, 0.5) is 10.2 Å². The van der Waals surface area contributed by atoms with Gasteiger partial charge in [0, 0.05) is 41.1 Å². The Labute approximate surface area is 198 Å². The van der Waals surface area contributed by atoms with Gasteiger partial charge in [0.2, 0.25) is 0 Å². The van der Waals surface area contributed by atoms with Gasteiger partial charge in [0.05, 0.1) is 33.1 Å². The van der Waals surface area contributed by atoms with E-state index in [1.54, 1.807) is 28.6 Å². The molecule has 3 aromatic heterocycles. The molecule has 0 bridgehead atoms. The standard InChI is InChI=1S/C24H22BrFN6O/c1-12-17(26)8-18-16(11-30-32(18)19-4-2-3-7-33-19)22(12)31-23-15(14(9-27)24(31)28)10-29-21(20(23)25)13-5-6-13/h8,10-11,13,19H,2-7,28H2,1H3. The highest BCUT2D eigenvalue weighted by atomic mass is 79.9. The molecule has 33 heavy (non-hydrogen) atoms. The highest BCUT2D eigenvalue weighted by Gasteiger charge is 2.31. The maximum atomic E-state index is 15.3. The molecule has 9 heteroatoms. The van der Waals surface area contributed by atoms with Crippen LogP contribution in [0.2, 0.25) is 0 Å². The number of hydrogen-bond acceptors (Lipinski definition) is 5. The Morgan fingerprint density at radius 3 is 2.76 bits per heavy atom. The van der Waals surface area contributed by atoms with E-state index < -0.39 is 0 Å². The molecule has 0 spiro atoms. The van der Waals surface area contributed by atoms with Crippen molar-refractivity contribution < 1.29 is 9.13 Å². The van der Waals surface area contributed by atoms with Crippen LogP contribution < -0.4 is 5.73 Å². The van der Waals surface area contributed by atoms with Crippen LogP contribution in [0, 0.1) is 24.1 Å². The molecule has 1 saturated carbocycles. The van der Waals surface area contributed by atoms with Crippen LogP contribution in [0.5, 0.6) is 0 Å². The molecule has 1 unspecified atom stereocenters. The summed E-state index contributed by atoms with van der Waals surface area (Å²) in [6.45, 7) is 2.39. The zero-order valence-electron chi connectivity index (χ0n) is 18.1. The molecule has 1 aliphatic heterocycles. The van der Waals surface area contributed by atoms with Gasteiger partial charge in [0.25, 0.3) is 0 Å². The molecule has 0 radical (unpaired) electrons. The summed E-state index contributed by atoms with van der Waals surface area (Å²) in [7, 11) is 0. The van der Waals surface area contributed by atoms with Gasteiger partial charge in [0.1, 0.15) is 23.3 Å². The Balaban J connectivity index is 1.69. The first kappa shape index (κ1) is 20.6. The van der Waals surface area contributed by atoms with Crippen molar-refractivity contribution in [3.8, 4) is 11.8 Å². The van der Waals surface area contributed by atoms with Crippen molar-refractivity contribution in [2.45, 2.75) is 51.2 Å². The van der Waals surface area contributed by atoms with Gasteiger partial charge in [-0.25, -0.2) is 9.07 Å². The molecule has 1 saturated heterocycles. The first-order valence-corrected chi connectivity index (χ1v) is 12.0. The molecule has 2 aliphatic rings. The molecule has 1 aromatic carbocycles. The lowest BCUT2D eigenvalue weighted by atomic mass is 10.1. The van der Waals surface area contributed by atoms with E-state index in [2.05, 4.69) is 32.1 Å². The lowest BCUT2D eigenvalue weighted by Crippen LogP contribution is -2.19. The van der Waals surface area contributed by atoms with E-state index in [0.717, 1.165) is 53.2 Å². The maximum absolute atomic E-state index is 15.3. The summed E-state index contributed by atoms with van der Waals surface area (Å²) in [5.74, 6) is 0.292. The summed E-state index contributed by atoms with van der Waals surface area (Å²) in [4.78, 5) is 4.62. The van der Waals surface area contributed by atoms with E-state index in [0.29, 0.717) is 40.2 Å². The van der Waals surface area contributed by atoms with Crippen LogP contribution in [-0.2, 0) is 4.74 Å². The minimum absolute atomic E-state index is 0.225.